The number of methoxy groups -OCH3 is 1. The Bertz CT molecular complexity index is 828. The molecule has 1 unspecified atom stereocenters. The highest BCUT2D eigenvalue weighted by atomic mass is 16.5. The predicted octanol–water partition coefficient (Wildman–Crippen LogP) is 3.36. The van der Waals surface area contributed by atoms with Gasteiger partial charge in [0, 0.05) is 12.6 Å². The Hall–Kier alpha value is -2.83. The van der Waals surface area contributed by atoms with Gasteiger partial charge >= 0.3 is 0 Å². The van der Waals surface area contributed by atoms with Gasteiger partial charge in [-0.3, -0.25) is 9.59 Å². The molecule has 0 aliphatic carbocycles. The van der Waals surface area contributed by atoms with Crippen molar-refractivity contribution >= 4 is 17.6 Å². The van der Waals surface area contributed by atoms with E-state index < -0.39 is 6.04 Å². The minimum absolute atomic E-state index is 0.0193. The predicted molar refractivity (Wildman–Crippen MR) is 105 cm³/mol. The highest BCUT2D eigenvalue weighted by molar-refractivity contribution is 5.98. The van der Waals surface area contributed by atoms with Crippen molar-refractivity contribution in [1.82, 2.24) is 10.1 Å². The smallest absolute Gasteiger partial charge is 0.248 e. The van der Waals surface area contributed by atoms with Crippen molar-refractivity contribution in [2.24, 2.45) is 5.92 Å². The van der Waals surface area contributed by atoms with Crippen LogP contribution in [0.4, 0.5) is 5.82 Å². The number of rotatable bonds is 6. The molecule has 1 fully saturated rings. The van der Waals surface area contributed by atoms with Gasteiger partial charge in [-0.25, -0.2) is 0 Å². The third-order valence-electron chi connectivity index (χ3n) is 5.13. The first-order valence-corrected chi connectivity index (χ1v) is 9.59. The number of amides is 2. The fourth-order valence-electron chi connectivity index (χ4n) is 3.74. The van der Waals surface area contributed by atoms with Crippen LogP contribution < -0.4 is 10.1 Å². The van der Waals surface area contributed by atoms with Crippen LogP contribution >= 0.6 is 0 Å². The van der Waals surface area contributed by atoms with Crippen LogP contribution in [0.15, 0.2) is 34.9 Å². The van der Waals surface area contributed by atoms with Gasteiger partial charge in [0.1, 0.15) is 17.6 Å². The SMILES string of the molecule is COc1ccc(C(C(=O)N2CCC[C@H]2C(=O)Nc2cc(C)on2)C(C)C)cc1. The van der Waals surface area contributed by atoms with E-state index in [2.05, 4.69) is 10.5 Å². The molecular formula is C21H27N3O4. The Kier molecular flexibility index (Phi) is 6.02. The number of carbonyl (C=O) groups excluding carboxylic acids is 2. The Morgan fingerprint density at radius 2 is 2.00 bits per heavy atom. The number of carbonyl (C=O) groups is 2. The topological polar surface area (TPSA) is 84.7 Å². The normalized spacial score (nSPS) is 17.6. The largest absolute Gasteiger partial charge is 0.497 e. The molecule has 0 saturated carbocycles. The average molecular weight is 385 g/mol. The number of likely N-dealkylation sites (tertiary alicyclic amines) is 1. The van der Waals surface area contributed by atoms with Crippen LogP contribution in [-0.2, 0) is 9.59 Å². The first-order valence-electron chi connectivity index (χ1n) is 9.59. The second-order valence-electron chi connectivity index (χ2n) is 7.50. The highest BCUT2D eigenvalue weighted by Crippen LogP contribution is 2.31. The first kappa shape index (κ1) is 19.9. The number of nitrogens with zero attached hydrogens (tertiary/aromatic N) is 2. The summed E-state index contributed by atoms with van der Waals surface area (Å²) in [5.41, 5.74) is 0.930. The third-order valence-corrected chi connectivity index (χ3v) is 5.13. The molecule has 3 rings (SSSR count). The molecule has 2 heterocycles. The van der Waals surface area contributed by atoms with Crippen LogP contribution in [0, 0.1) is 12.8 Å². The maximum absolute atomic E-state index is 13.4. The monoisotopic (exact) mass is 385 g/mol. The molecule has 2 aromatic rings. The average Bonchev–Trinajstić information content (AvgIpc) is 3.31. The van der Waals surface area contributed by atoms with Crippen LogP contribution in [0.1, 0.15) is 43.9 Å². The van der Waals surface area contributed by atoms with Gasteiger partial charge in [-0.2, -0.15) is 0 Å². The van der Waals surface area contributed by atoms with Gasteiger partial charge in [-0.05, 0) is 43.4 Å². The summed E-state index contributed by atoms with van der Waals surface area (Å²) in [6, 6.07) is 8.73. The number of nitrogens with one attached hydrogen (secondary N) is 1. The quantitative estimate of drug-likeness (QED) is 0.824. The molecule has 0 spiro atoms. The molecule has 1 aromatic heterocycles. The standard InChI is InChI=1S/C21H27N3O4/c1-13(2)19(15-7-9-16(27-4)10-8-15)21(26)24-11-5-6-17(24)20(25)22-18-12-14(3)28-23-18/h7-10,12-13,17,19H,5-6,11H2,1-4H3,(H,22,23,25)/t17-,19?/m0/s1. The third kappa shape index (κ3) is 4.18. The van der Waals surface area contributed by atoms with Gasteiger partial charge in [0.25, 0.3) is 0 Å². The van der Waals surface area contributed by atoms with Crippen molar-refractivity contribution < 1.29 is 18.8 Å². The van der Waals surface area contributed by atoms with Gasteiger partial charge < -0.3 is 19.5 Å². The highest BCUT2D eigenvalue weighted by Gasteiger charge is 2.38. The molecular weight excluding hydrogens is 358 g/mol. The van der Waals surface area contributed by atoms with Gasteiger partial charge in [-0.15, -0.1) is 0 Å². The van der Waals surface area contributed by atoms with Crippen molar-refractivity contribution in [3.8, 4) is 5.75 Å². The molecule has 1 aliphatic rings. The number of benzene rings is 1. The number of aryl methyl sites for hydroxylation is 1. The summed E-state index contributed by atoms with van der Waals surface area (Å²) in [6.45, 7) is 6.39. The lowest BCUT2D eigenvalue weighted by molar-refractivity contribution is -0.138. The second-order valence-corrected chi connectivity index (χ2v) is 7.50. The lowest BCUT2D eigenvalue weighted by atomic mass is 9.87. The number of ether oxygens (including phenoxy) is 1. The summed E-state index contributed by atoms with van der Waals surface area (Å²) in [5, 5.41) is 6.56. The lowest BCUT2D eigenvalue weighted by Gasteiger charge is -2.30. The van der Waals surface area contributed by atoms with E-state index in [1.807, 2.05) is 38.1 Å². The van der Waals surface area contributed by atoms with Crippen LogP contribution in [0.5, 0.6) is 5.75 Å². The van der Waals surface area contributed by atoms with Crippen LogP contribution in [0.25, 0.3) is 0 Å². The molecule has 0 radical (unpaired) electrons. The molecule has 1 saturated heterocycles. The zero-order chi connectivity index (χ0) is 20.3. The minimum atomic E-state index is -0.496. The summed E-state index contributed by atoms with van der Waals surface area (Å²) < 4.78 is 10.2. The zero-order valence-corrected chi connectivity index (χ0v) is 16.8. The van der Waals surface area contributed by atoms with Gasteiger partial charge in [0.15, 0.2) is 5.82 Å². The van der Waals surface area contributed by atoms with E-state index in [1.54, 1.807) is 25.0 Å². The van der Waals surface area contributed by atoms with E-state index >= 15 is 0 Å². The molecule has 150 valence electrons. The molecule has 7 nitrogen and oxygen atoms in total. The molecule has 2 amide bonds. The summed E-state index contributed by atoms with van der Waals surface area (Å²) in [5.74, 6) is 1.29. The van der Waals surface area contributed by atoms with Crippen molar-refractivity contribution in [2.45, 2.75) is 45.6 Å². The van der Waals surface area contributed by atoms with Crippen LogP contribution in [0.3, 0.4) is 0 Å². The number of aromatic nitrogens is 1. The molecule has 1 aliphatic heterocycles. The molecule has 7 heteroatoms. The molecule has 28 heavy (non-hydrogen) atoms. The molecule has 1 N–H and O–H groups in total. The van der Waals surface area contributed by atoms with E-state index in [9.17, 15) is 9.59 Å². The summed E-state index contributed by atoms with van der Waals surface area (Å²) in [7, 11) is 1.61. The Balaban J connectivity index is 1.78. The minimum Gasteiger partial charge on any atom is -0.497 e. The Morgan fingerprint density at radius 1 is 1.29 bits per heavy atom. The van der Waals surface area contributed by atoms with Crippen LogP contribution in [0.2, 0.25) is 0 Å². The van der Waals surface area contributed by atoms with Crippen molar-refractivity contribution in [1.29, 1.82) is 0 Å². The van der Waals surface area contributed by atoms with Crippen molar-refractivity contribution in [3.05, 3.63) is 41.7 Å². The summed E-state index contributed by atoms with van der Waals surface area (Å²) in [4.78, 5) is 27.8. The second kappa shape index (κ2) is 8.46. The van der Waals surface area contributed by atoms with E-state index in [0.717, 1.165) is 17.7 Å². The van der Waals surface area contributed by atoms with Crippen molar-refractivity contribution in [2.75, 3.05) is 19.0 Å². The van der Waals surface area contributed by atoms with E-state index in [-0.39, 0.29) is 23.7 Å². The Morgan fingerprint density at radius 3 is 2.57 bits per heavy atom. The van der Waals surface area contributed by atoms with E-state index in [0.29, 0.717) is 24.5 Å². The van der Waals surface area contributed by atoms with Gasteiger partial charge in [0.05, 0.1) is 13.0 Å². The zero-order valence-electron chi connectivity index (χ0n) is 16.8. The summed E-state index contributed by atoms with van der Waals surface area (Å²) in [6.07, 6.45) is 1.44. The number of hydrogen-bond donors (Lipinski definition) is 1. The summed E-state index contributed by atoms with van der Waals surface area (Å²) >= 11 is 0. The van der Waals surface area contributed by atoms with Crippen molar-refractivity contribution in [3.63, 3.8) is 0 Å². The van der Waals surface area contributed by atoms with Gasteiger partial charge in [-0.1, -0.05) is 31.1 Å². The maximum atomic E-state index is 13.4. The molecule has 1 aromatic carbocycles. The fourth-order valence-corrected chi connectivity index (χ4v) is 3.74. The maximum Gasteiger partial charge on any atom is 0.248 e. The van der Waals surface area contributed by atoms with E-state index in [4.69, 9.17) is 9.26 Å². The fraction of sp³-hybridized carbons (Fsp3) is 0.476. The van der Waals surface area contributed by atoms with Crippen LogP contribution in [-0.4, -0.2) is 41.6 Å². The number of anilines is 1. The lowest BCUT2D eigenvalue weighted by Crippen LogP contribution is -2.46. The molecule has 0 bridgehead atoms. The van der Waals surface area contributed by atoms with Gasteiger partial charge in [0.2, 0.25) is 11.8 Å². The Labute approximate surface area is 165 Å². The number of hydrogen-bond acceptors (Lipinski definition) is 5. The molecule has 2 atom stereocenters. The first-order chi connectivity index (χ1) is 13.4. The van der Waals surface area contributed by atoms with E-state index in [1.165, 1.54) is 0 Å².